The van der Waals surface area contributed by atoms with Crippen LogP contribution in [0.4, 0.5) is 18.0 Å². The summed E-state index contributed by atoms with van der Waals surface area (Å²) in [6, 6.07) is 10.8. The van der Waals surface area contributed by atoms with Crippen molar-refractivity contribution in [2.45, 2.75) is 44.9 Å². The number of rotatable bonds is 6. The van der Waals surface area contributed by atoms with Gasteiger partial charge in [0.1, 0.15) is 12.6 Å². The molecule has 34 heavy (non-hydrogen) atoms. The van der Waals surface area contributed by atoms with Crippen molar-refractivity contribution in [1.29, 1.82) is 0 Å². The fourth-order valence-electron chi connectivity index (χ4n) is 3.94. The average molecular weight is 478 g/mol. The van der Waals surface area contributed by atoms with Gasteiger partial charge < -0.3 is 20.5 Å². The fraction of sp³-hybridized carbons (Fsp3) is 0.375. The van der Waals surface area contributed by atoms with Crippen LogP contribution in [-0.4, -0.2) is 47.9 Å². The first-order valence-electron chi connectivity index (χ1n) is 10.5. The van der Waals surface area contributed by atoms with Gasteiger partial charge in [-0.2, -0.15) is 13.2 Å². The number of benzene rings is 2. The van der Waals surface area contributed by atoms with Crippen molar-refractivity contribution in [1.82, 2.24) is 10.6 Å². The summed E-state index contributed by atoms with van der Waals surface area (Å²) in [6.45, 7) is 4.50. The number of alkyl carbamates (subject to hydrolysis) is 1. The number of carbonyl (C=O) groups excluding carboxylic acids is 2. The van der Waals surface area contributed by atoms with Crippen molar-refractivity contribution in [2.75, 3.05) is 6.61 Å². The average Bonchev–Trinajstić information content (AvgIpc) is 3.06. The maximum atomic E-state index is 13.0. The molecule has 182 valence electrons. The van der Waals surface area contributed by atoms with Crippen LogP contribution in [0.25, 0.3) is 11.1 Å². The quantitative estimate of drug-likeness (QED) is 0.581. The molecule has 0 aliphatic heterocycles. The Morgan fingerprint density at radius 1 is 0.912 bits per heavy atom. The number of carboxylic acid groups (broad SMARTS) is 1. The van der Waals surface area contributed by atoms with Crippen LogP contribution in [0.5, 0.6) is 0 Å². The van der Waals surface area contributed by atoms with Crippen LogP contribution in [0.2, 0.25) is 0 Å². The molecule has 1 aliphatic rings. The third-order valence-electron chi connectivity index (χ3n) is 5.59. The number of nitrogens with one attached hydrogen (secondary N) is 2. The highest BCUT2D eigenvalue weighted by Gasteiger charge is 2.48. The lowest BCUT2D eigenvalue weighted by molar-refractivity contribution is -0.182. The van der Waals surface area contributed by atoms with E-state index in [1.165, 1.54) is 26.1 Å². The zero-order chi connectivity index (χ0) is 25.3. The second-order valence-corrected chi connectivity index (χ2v) is 9.09. The first-order chi connectivity index (χ1) is 15.8. The summed E-state index contributed by atoms with van der Waals surface area (Å²) in [6.07, 6.45) is -6.20. The van der Waals surface area contributed by atoms with Gasteiger partial charge in [-0.1, -0.05) is 69.3 Å². The lowest BCUT2D eigenvalue weighted by Crippen LogP contribution is -2.59. The van der Waals surface area contributed by atoms with Crippen LogP contribution in [0, 0.1) is 5.41 Å². The van der Waals surface area contributed by atoms with Crippen LogP contribution in [0.1, 0.15) is 37.8 Å². The van der Waals surface area contributed by atoms with Gasteiger partial charge in [0, 0.05) is 5.92 Å². The van der Waals surface area contributed by atoms with Gasteiger partial charge in [-0.05, 0) is 27.7 Å². The number of amides is 2. The van der Waals surface area contributed by atoms with Crippen molar-refractivity contribution in [3.63, 3.8) is 0 Å². The number of hydrogen-bond donors (Lipinski definition) is 3. The van der Waals surface area contributed by atoms with Crippen molar-refractivity contribution in [2.24, 2.45) is 5.41 Å². The molecule has 3 N–H and O–H groups in total. The Hall–Kier alpha value is -3.56. The summed E-state index contributed by atoms with van der Waals surface area (Å²) in [5.74, 6) is -3.79. The zero-order valence-corrected chi connectivity index (χ0v) is 18.8. The monoisotopic (exact) mass is 478 g/mol. The Balaban J connectivity index is 1.72. The van der Waals surface area contributed by atoms with Crippen molar-refractivity contribution in [3.05, 3.63) is 59.7 Å². The van der Waals surface area contributed by atoms with Crippen molar-refractivity contribution >= 4 is 18.0 Å². The number of halogens is 3. The molecule has 2 atom stereocenters. The molecule has 0 saturated heterocycles. The third kappa shape index (κ3) is 5.32. The molecule has 7 nitrogen and oxygen atoms in total. The molecule has 2 aromatic carbocycles. The van der Waals surface area contributed by atoms with E-state index in [2.05, 4.69) is 5.32 Å². The van der Waals surface area contributed by atoms with Gasteiger partial charge in [0.2, 0.25) is 11.9 Å². The van der Waals surface area contributed by atoms with Gasteiger partial charge in [0.05, 0.1) is 0 Å². The highest BCUT2D eigenvalue weighted by atomic mass is 19.4. The first kappa shape index (κ1) is 25.1. The highest BCUT2D eigenvalue weighted by molar-refractivity contribution is 5.90. The summed E-state index contributed by atoms with van der Waals surface area (Å²) < 4.78 is 44.3. The van der Waals surface area contributed by atoms with E-state index in [0.29, 0.717) is 0 Å². The Bertz CT molecular complexity index is 1050. The number of hydrogen-bond acceptors (Lipinski definition) is 4. The summed E-state index contributed by atoms with van der Waals surface area (Å²) in [4.78, 5) is 36.1. The molecule has 10 heteroatoms. The molecule has 0 fully saturated rings. The normalized spacial score (nSPS) is 15.0. The molecule has 0 bridgehead atoms. The predicted molar refractivity (Wildman–Crippen MR) is 117 cm³/mol. The molecular formula is C24H25F3N2O5. The Morgan fingerprint density at radius 2 is 1.41 bits per heavy atom. The maximum Gasteiger partial charge on any atom is 0.419 e. The molecule has 0 aromatic heterocycles. The molecule has 0 radical (unpaired) electrons. The second kappa shape index (κ2) is 9.36. The summed E-state index contributed by atoms with van der Waals surface area (Å²) in [5.41, 5.74) is 2.94. The molecule has 0 saturated carbocycles. The standard InChI is InChI=1S/C24H25F3N2O5/c1-23(2,3)18(20(30)28-19(21(31)32)24(25,26)27)29-22(33)34-12-17-15-10-6-4-8-13(15)14-9-5-7-11-16(14)17/h4-11,17-19H,12H2,1-3H3,(H,28,30)(H,29,33)(H,31,32). The number of carbonyl (C=O) groups is 3. The molecular weight excluding hydrogens is 453 g/mol. The summed E-state index contributed by atoms with van der Waals surface area (Å²) >= 11 is 0. The number of fused-ring (bicyclic) bond motifs is 3. The Kier molecular flexibility index (Phi) is 6.90. The van der Waals surface area contributed by atoms with Crippen LogP contribution >= 0.6 is 0 Å². The van der Waals surface area contributed by atoms with E-state index < -0.39 is 41.6 Å². The van der Waals surface area contributed by atoms with Gasteiger partial charge in [-0.25, -0.2) is 9.59 Å². The van der Waals surface area contributed by atoms with Gasteiger partial charge in [0.15, 0.2) is 0 Å². The number of alkyl halides is 3. The van der Waals surface area contributed by atoms with Crippen LogP contribution in [0.15, 0.2) is 48.5 Å². The van der Waals surface area contributed by atoms with E-state index in [4.69, 9.17) is 9.84 Å². The van der Waals surface area contributed by atoms with E-state index in [-0.39, 0.29) is 12.5 Å². The fourth-order valence-corrected chi connectivity index (χ4v) is 3.94. The number of carboxylic acids is 1. The van der Waals surface area contributed by atoms with Gasteiger partial charge in [0.25, 0.3) is 0 Å². The highest BCUT2D eigenvalue weighted by Crippen LogP contribution is 2.44. The minimum Gasteiger partial charge on any atom is -0.479 e. The van der Waals surface area contributed by atoms with Gasteiger partial charge >= 0.3 is 18.2 Å². The molecule has 0 spiro atoms. The minimum atomic E-state index is -5.20. The van der Waals surface area contributed by atoms with E-state index in [1.54, 1.807) is 0 Å². The van der Waals surface area contributed by atoms with Crippen molar-refractivity contribution in [3.8, 4) is 11.1 Å². The zero-order valence-electron chi connectivity index (χ0n) is 18.8. The first-order valence-corrected chi connectivity index (χ1v) is 10.5. The lowest BCUT2D eigenvalue weighted by Gasteiger charge is -2.31. The van der Waals surface area contributed by atoms with Gasteiger partial charge in [-0.3, -0.25) is 4.79 Å². The molecule has 0 heterocycles. The smallest absolute Gasteiger partial charge is 0.419 e. The molecule has 2 aromatic rings. The van der Waals surface area contributed by atoms with E-state index >= 15 is 0 Å². The Labute approximate surface area is 194 Å². The van der Waals surface area contributed by atoms with Gasteiger partial charge in [-0.15, -0.1) is 0 Å². The van der Waals surface area contributed by atoms with Crippen LogP contribution in [0.3, 0.4) is 0 Å². The molecule has 2 unspecified atom stereocenters. The van der Waals surface area contributed by atoms with Crippen LogP contribution in [-0.2, 0) is 14.3 Å². The number of aliphatic carboxylic acids is 1. The lowest BCUT2D eigenvalue weighted by atomic mass is 9.86. The van der Waals surface area contributed by atoms with E-state index in [1.807, 2.05) is 48.5 Å². The third-order valence-corrected chi connectivity index (χ3v) is 5.59. The predicted octanol–water partition coefficient (Wildman–Crippen LogP) is 4.07. The minimum absolute atomic E-state index is 0.0569. The summed E-state index contributed by atoms with van der Waals surface area (Å²) in [7, 11) is 0. The van der Waals surface area contributed by atoms with Crippen LogP contribution < -0.4 is 10.6 Å². The molecule has 1 aliphatic carbocycles. The summed E-state index contributed by atoms with van der Waals surface area (Å²) in [5, 5.41) is 12.6. The largest absolute Gasteiger partial charge is 0.479 e. The van der Waals surface area contributed by atoms with Crippen molar-refractivity contribution < 1.29 is 37.4 Å². The topological polar surface area (TPSA) is 105 Å². The van der Waals surface area contributed by atoms with E-state index in [0.717, 1.165) is 22.3 Å². The van der Waals surface area contributed by atoms with E-state index in [9.17, 15) is 27.6 Å². The SMILES string of the molecule is CC(C)(C)C(NC(=O)OCC1c2ccccc2-c2ccccc21)C(=O)NC(C(=O)O)C(F)(F)F. The maximum absolute atomic E-state index is 13.0. The molecule has 2 amide bonds. The number of ether oxygens (including phenoxy) is 1. The Morgan fingerprint density at radius 3 is 1.85 bits per heavy atom. The molecule has 3 rings (SSSR count). The second-order valence-electron chi connectivity index (χ2n) is 9.09.